The largest absolute Gasteiger partial charge is 0.338 e. The van der Waals surface area contributed by atoms with Gasteiger partial charge in [-0.2, -0.15) is 0 Å². The first-order chi connectivity index (χ1) is 8.34. The van der Waals surface area contributed by atoms with Crippen molar-refractivity contribution in [2.24, 2.45) is 11.8 Å². The van der Waals surface area contributed by atoms with Gasteiger partial charge in [0.1, 0.15) is 0 Å². The minimum Gasteiger partial charge on any atom is -0.338 e. The van der Waals surface area contributed by atoms with Crippen LogP contribution < -0.4 is 5.32 Å². The Labute approximate surface area is 116 Å². The second-order valence-electron chi connectivity index (χ2n) is 6.06. The molecule has 1 amide bonds. The fourth-order valence-corrected chi connectivity index (χ4v) is 3.22. The van der Waals surface area contributed by atoms with Gasteiger partial charge in [0.15, 0.2) is 0 Å². The second-order valence-corrected chi connectivity index (χ2v) is 6.06. The summed E-state index contributed by atoms with van der Waals surface area (Å²) in [7, 11) is 0. The fraction of sp³-hybridized carbons (Fsp3) is 0.929. The van der Waals surface area contributed by atoms with E-state index in [-0.39, 0.29) is 12.4 Å². The van der Waals surface area contributed by atoms with Crippen LogP contribution in [0.4, 0.5) is 0 Å². The molecule has 0 aromatic rings. The summed E-state index contributed by atoms with van der Waals surface area (Å²) in [6, 6.07) is 0.582. The van der Waals surface area contributed by atoms with E-state index in [1.54, 1.807) is 0 Å². The number of rotatable bonds is 5. The van der Waals surface area contributed by atoms with E-state index in [1.807, 2.05) is 0 Å². The number of carbonyl (C=O) groups is 1. The van der Waals surface area contributed by atoms with E-state index in [0.29, 0.717) is 18.5 Å². The third kappa shape index (κ3) is 3.18. The number of hydrogen-bond donors (Lipinski definition) is 1. The first kappa shape index (κ1) is 14.1. The summed E-state index contributed by atoms with van der Waals surface area (Å²) >= 11 is 0. The Morgan fingerprint density at radius 3 is 2.50 bits per heavy atom. The Hall–Kier alpha value is -0.280. The van der Waals surface area contributed by atoms with E-state index < -0.39 is 0 Å². The zero-order chi connectivity index (χ0) is 11.7. The van der Waals surface area contributed by atoms with Crippen molar-refractivity contribution in [3.05, 3.63) is 0 Å². The van der Waals surface area contributed by atoms with Crippen molar-refractivity contribution in [1.29, 1.82) is 0 Å². The predicted molar refractivity (Wildman–Crippen MR) is 74.9 cm³/mol. The summed E-state index contributed by atoms with van der Waals surface area (Å²) < 4.78 is 0. The Balaban J connectivity index is 0.00000120. The summed E-state index contributed by atoms with van der Waals surface area (Å²) in [5.41, 5.74) is 0. The molecule has 1 unspecified atom stereocenters. The summed E-state index contributed by atoms with van der Waals surface area (Å²) in [4.78, 5) is 14.3. The van der Waals surface area contributed by atoms with Crippen LogP contribution >= 0.6 is 12.4 Å². The number of amides is 1. The summed E-state index contributed by atoms with van der Waals surface area (Å²) in [5, 5.41) is 3.33. The van der Waals surface area contributed by atoms with Gasteiger partial charge < -0.3 is 10.2 Å². The molecule has 0 spiro atoms. The molecule has 4 heteroatoms. The predicted octanol–water partition coefficient (Wildman–Crippen LogP) is 2.20. The van der Waals surface area contributed by atoms with Crippen molar-refractivity contribution in [1.82, 2.24) is 10.2 Å². The topological polar surface area (TPSA) is 32.3 Å². The Morgan fingerprint density at radius 1 is 1.11 bits per heavy atom. The second kappa shape index (κ2) is 6.25. The molecular formula is C14H25ClN2O. The maximum absolute atomic E-state index is 12.2. The van der Waals surface area contributed by atoms with Crippen molar-refractivity contribution in [2.45, 2.75) is 51.0 Å². The molecule has 3 aliphatic rings. The summed E-state index contributed by atoms with van der Waals surface area (Å²) in [6.07, 6.45) is 9.26. The lowest BCUT2D eigenvalue weighted by Gasteiger charge is -2.37. The van der Waals surface area contributed by atoms with Gasteiger partial charge in [-0.25, -0.2) is 0 Å². The van der Waals surface area contributed by atoms with Crippen LogP contribution in [0.2, 0.25) is 0 Å². The lowest BCUT2D eigenvalue weighted by Crippen LogP contribution is -2.45. The van der Waals surface area contributed by atoms with E-state index in [9.17, 15) is 4.79 Å². The third-order valence-electron chi connectivity index (χ3n) is 4.72. The van der Waals surface area contributed by atoms with Gasteiger partial charge in [0.05, 0.1) is 6.54 Å². The fourth-order valence-electron chi connectivity index (χ4n) is 3.22. The molecule has 0 aromatic heterocycles. The van der Waals surface area contributed by atoms with Gasteiger partial charge in [-0.1, -0.05) is 6.42 Å². The number of halogens is 1. The van der Waals surface area contributed by atoms with Crippen molar-refractivity contribution in [3.8, 4) is 0 Å². The maximum atomic E-state index is 12.2. The molecule has 18 heavy (non-hydrogen) atoms. The molecule has 3 rings (SSSR count). The molecule has 2 saturated carbocycles. The molecule has 1 atom stereocenters. The van der Waals surface area contributed by atoms with Crippen molar-refractivity contribution >= 4 is 18.3 Å². The van der Waals surface area contributed by atoms with E-state index in [4.69, 9.17) is 0 Å². The molecular weight excluding hydrogens is 248 g/mol. The first-order valence-electron chi connectivity index (χ1n) is 7.35. The molecule has 1 saturated heterocycles. The van der Waals surface area contributed by atoms with Gasteiger partial charge >= 0.3 is 0 Å². The van der Waals surface area contributed by atoms with Crippen molar-refractivity contribution in [2.75, 3.05) is 19.6 Å². The number of likely N-dealkylation sites (tertiary alicyclic amines) is 1. The normalized spacial score (nSPS) is 27.8. The van der Waals surface area contributed by atoms with Crippen molar-refractivity contribution in [3.63, 3.8) is 0 Å². The van der Waals surface area contributed by atoms with Crippen LogP contribution in [-0.4, -0.2) is 36.5 Å². The van der Waals surface area contributed by atoms with Gasteiger partial charge in [0.25, 0.3) is 0 Å². The van der Waals surface area contributed by atoms with Gasteiger partial charge in [0, 0.05) is 12.6 Å². The molecule has 0 aromatic carbocycles. The van der Waals surface area contributed by atoms with E-state index in [2.05, 4.69) is 10.2 Å². The van der Waals surface area contributed by atoms with Crippen LogP contribution in [0.5, 0.6) is 0 Å². The number of carbonyl (C=O) groups excluding carboxylic acids is 1. The smallest absolute Gasteiger partial charge is 0.236 e. The van der Waals surface area contributed by atoms with Crippen LogP contribution in [0.15, 0.2) is 0 Å². The average Bonchev–Trinajstić information content (AvgIpc) is 2.94. The Kier molecular flexibility index (Phi) is 4.91. The molecule has 0 radical (unpaired) electrons. The zero-order valence-corrected chi connectivity index (χ0v) is 11.9. The molecule has 3 fully saturated rings. The minimum atomic E-state index is 0. The molecule has 3 nitrogen and oxygen atoms in total. The Bertz CT molecular complexity index is 290. The van der Waals surface area contributed by atoms with Crippen LogP contribution in [0.25, 0.3) is 0 Å². The highest BCUT2D eigenvalue weighted by Gasteiger charge is 2.36. The highest BCUT2D eigenvalue weighted by molar-refractivity contribution is 5.85. The molecule has 104 valence electrons. The number of nitrogens with zero attached hydrogens (tertiary/aromatic N) is 1. The zero-order valence-electron chi connectivity index (χ0n) is 11.1. The summed E-state index contributed by atoms with van der Waals surface area (Å²) in [5.74, 6) is 2.04. The van der Waals surface area contributed by atoms with E-state index in [1.165, 1.54) is 44.9 Å². The third-order valence-corrected chi connectivity index (χ3v) is 4.72. The van der Waals surface area contributed by atoms with Crippen molar-refractivity contribution < 1.29 is 4.79 Å². The van der Waals surface area contributed by atoms with Crippen LogP contribution in [0, 0.1) is 11.8 Å². The molecule has 2 aliphatic carbocycles. The SMILES string of the molecule is Cl.O=C(CNCC1CC1)N1CCCC1C1CCC1. The monoisotopic (exact) mass is 272 g/mol. The molecule has 1 heterocycles. The molecule has 1 aliphatic heterocycles. The van der Waals surface area contributed by atoms with Crippen LogP contribution in [0.1, 0.15) is 44.9 Å². The standard InChI is InChI=1S/C14H24N2O.ClH/c17-14(10-15-9-11-6-7-11)16-8-2-5-13(16)12-3-1-4-12;/h11-13,15H,1-10H2;1H. The number of nitrogens with one attached hydrogen (secondary N) is 1. The average molecular weight is 273 g/mol. The first-order valence-corrected chi connectivity index (χ1v) is 7.35. The van der Waals surface area contributed by atoms with Gasteiger partial charge in [-0.15, -0.1) is 12.4 Å². The minimum absolute atomic E-state index is 0. The highest BCUT2D eigenvalue weighted by atomic mass is 35.5. The molecule has 0 bridgehead atoms. The van der Waals surface area contributed by atoms with Gasteiger partial charge in [-0.05, 0) is 56.9 Å². The van der Waals surface area contributed by atoms with Gasteiger partial charge in [-0.3, -0.25) is 4.79 Å². The quantitative estimate of drug-likeness (QED) is 0.832. The van der Waals surface area contributed by atoms with E-state index >= 15 is 0 Å². The van der Waals surface area contributed by atoms with E-state index in [0.717, 1.165) is 24.9 Å². The lowest BCUT2D eigenvalue weighted by molar-refractivity contribution is -0.132. The maximum Gasteiger partial charge on any atom is 0.236 e. The number of hydrogen-bond acceptors (Lipinski definition) is 2. The lowest BCUT2D eigenvalue weighted by atomic mass is 9.79. The summed E-state index contributed by atoms with van der Waals surface area (Å²) in [6.45, 7) is 2.62. The Morgan fingerprint density at radius 2 is 1.89 bits per heavy atom. The van der Waals surface area contributed by atoms with Crippen LogP contribution in [-0.2, 0) is 4.79 Å². The van der Waals surface area contributed by atoms with Gasteiger partial charge in [0.2, 0.25) is 5.91 Å². The van der Waals surface area contributed by atoms with Crippen LogP contribution in [0.3, 0.4) is 0 Å². The molecule has 1 N–H and O–H groups in total. The highest BCUT2D eigenvalue weighted by Crippen LogP contribution is 2.37.